The summed E-state index contributed by atoms with van der Waals surface area (Å²) >= 11 is 0. The molecule has 0 heterocycles. The molecule has 0 aromatic heterocycles. The number of carboxylic acids is 1. The molecular weight excluding hydrogens is 260 g/mol. The fraction of sp³-hybridized carbons (Fsp3) is 0.286. The van der Waals surface area contributed by atoms with Crippen LogP contribution in [0.3, 0.4) is 0 Å². The van der Waals surface area contributed by atoms with Crippen molar-refractivity contribution in [3.8, 4) is 0 Å². The first-order valence-electron chi connectivity index (χ1n) is 6.09. The molecule has 20 heavy (non-hydrogen) atoms. The van der Waals surface area contributed by atoms with Crippen molar-refractivity contribution in [2.75, 3.05) is 25.1 Å². The predicted molar refractivity (Wildman–Crippen MR) is 76.1 cm³/mol. The van der Waals surface area contributed by atoms with Gasteiger partial charge in [-0.2, -0.15) is 0 Å². The molecule has 1 aromatic rings. The van der Waals surface area contributed by atoms with Crippen molar-refractivity contribution in [1.82, 2.24) is 5.32 Å². The summed E-state index contributed by atoms with van der Waals surface area (Å²) in [6.45, 7) is 6.81. The lowest BCUT2D eigenvalue weighted by molar-refractivity contribution is 0.0697. The van der Waals surface area contributed by atoms with Gasteiger partial charge in [0.2, 0.25) is 0 Å². The summed E-state index contributed by atoms with van der Waals surface area (Å²) in [4.78, 5) is 22.2. The van der Waals surface area contributed by atoms with Crippen LogP contribution in [0.25, 0.3) is 0 Å². The van der Waals surface area contributed by atoms with Crippen LogP contribution < -0.4 is 10.6 Å². The molecule has 0 fully saturated rings. The lowest BCUT2D eigenvalue weighted by Crippen LogP contribution is -2.31. The van der Waals surface area contributed by atoms with Crippen molar-refractivity contribution in [1.29, 1.82) is 0 Å². The second kappa shape index (κ2) is 7.96. The van der Waals surface area contributed by atoms with Crippen molar-refractivity contribution < 1.29 is 19.4 Å². The summed E-state index contributed by atoms with van der Waals surface area (Å²) in [7, 11) is 0. The Kier molecular flexibility index (Phi) is 6.25. The SMILES string of the molecule is C=C(C)COCCNC(=O)Nc1ccc(C(=O)O)cc1. The molecule has 0 spiro atoms. The van der Waals surface area contributed by atoms with Crippen LogP contribution in [0.5, 0.6) is 0 Å². The number of hydrogen-bond acceptors (Lipinski definition) is 3. The normalized spacial score (nSPS) is 9.85. The molecule has 6 heteroatoms. The number of nitrogens with one attached hydrogen (secondary N) is 2. The summed E-state index contributed by atoms with van der Waals surface area (Å²) in [5.41, 5.74) is 1.62. The van der Waals surface area contributed by atoms with E-state index in [1.165, 1.54) is 24.3 Å². The second-order valence-corrected chi connectivity index (χ2v) is 4.27. The van der Waals surface area contributed by atoms with Crippen molar-refractivity contribution in [3.63, 3.8) is 0 Å². The Morgan fingerprint density at radius 3 is 2.50 bits per heavy atom. The van der Waals surface area contributed by atoms with Gasteiger partial charge in [-0.15, -0.1) is 0 Å². The maximum Gasteiger partial charge on any atom is 0.335 e. The maximum absolute atomic E-state index is 11.5. The molecule has 3 N–H and O–H groups in total. The molecule has 2 amide bonds. The Labute approximate surface area is 117 Å². The first-order valence-corrected chi connectivity index (χ1v) is 6.09. The van der Waals surface area contributed by atoms with E-state index in [1.54, 1.807) is 0 Å². The predicted octanol–water partition coefficient (Wildman–Crippen LogP) is 2.10. The number of benzene rings is 1. The number of amides is 2. The third-order valence-electron chi connectivity index (χ3n) is 2.27. The van der Waals surface area contributed by atoms with Crippen LogP contribution >= 0.6 is 0 Å². The molecule has 0 bridgehead atoms. The second-order valence-electron chi connectivity index (χ2n) is 4.27. The van der Waals surface area contributed by atoms with E-state index >= 15 is 0 Å². The van der Waals surface area contributed by atoms with Gasteiger partial charge in [0.1, 0.15) is 0 Å². The fourth-order valence-corrected chi connectivity index (χ4v) is 1.35. The minimum atomic E-state index is -1.00. The average molecular weight is 278 g/mol. The summed E-state index contributed by atoms with van der Waals surface area (Å²) in [5.74, 6) is -1.00. The molecule has 0 atom stereocenters. The van der Waals surface area contributed by atoms with Gasteiger partial charge in [0.15, 0.2) is 0 Å². The standard InChI is InChI=1S/C14H18N2O4/c1-10(2)9-20-8-7-15-14(19)16-12-5-3-11(4-6-12)13(17)18/h3-6H,1,7-9H2,2H3,(H,17,18)(H2,15,16,19). The summed E-state index contributed by atoms with van der Waals surface area (Å²) in [5, 5.41) is 14.0. The van der Waals surface area contributed by atoms with Gasteiger partial charge in [0.05, 0.1) is 18.8 Å². The fourth-order valence-electron chi connectivity index (χ4n) is 1.35. The Morgan fingerprint density at radius 2 is 1.95 bits per heavy atom. The highest BCUT2D eigenvalue weighted by Gasteiger charge is 2.04. The summed E-state index contributed by atoms with van der Waals surface area (Å²) in [6.07, 6.45) is 0. The van der Waals surface area contributed by atoms with Gasteiger partial charge < -0.3 is 20.5 Å². The maximum atomic E-state index is 11.5. The van der Waals surface area contributed by atoms with E-state index in [4.69, 9.17) is 9.84 Å². The summed E-state index contributed by atoms with van der Waals surface area (Å²) in [6, 6.07) is 5.54. The van der Waals surface area contributed by atoms with Crippen LogP contribution in [0.2, 0.25) is 0 Å². The van der Waals surface area contributed by atoms with Crippen LogP contribution in [-0.4, -0.2) is 36.9 Å². The molecule has 6 nitrogen and oxygen atoms in total. The van der Waals surface area contributed by atoms with Gasteiger partial charge in [0, 0.05) is 12.2 Å². The van der Waals surface area contributed by atoms with Gasteiger partial charge in [-0.05, 0) is 31.2 Å². The minimum Gasteiger partial charge on any atom is -0.478 e. The van der Waals surface area contributed by atoms with Crippen LogP contribution in [0.1, 0.15) is 17.3 Å². The molecule has 108 valence electrons. The molecular formula is C14H18N2O4. The van der Waals surface area contributed by atoms with Gasteiger partial charge >= 0.3 is 12.0 Å². The third-order valence-corrected chi connectivity index (χ3v) is 2.27. The topological polar surface area (TPSA) is 87.7 Å². The molecule has 0 aliphatic heterocycles. The molecule has 1 aromatic carbocycles. The Morgan fingerprint density at radius 1 is 1.30 bits per heavy atom. The van der Waals surface area contributed by atoms with E-state index in [0.29, 0.717) is 25.4 Å². The number of ether oxygens (including phenoxy) is 1. The summed E-state index contributed by atoms with van der Waals surface area (Å²) < 4.78 is 5.23. The third kappa shape index (κ3) is 6.01. The molecule has 0 saturated heterocycles. The number of urea groups is 1. The van der Waals surface area contributed by atoms with Gasteiger partial charge in [-0.25, -0.2) is 9.59 Å². The van der Waals surface area contributed by atoms with Gasteiger partial charge in [-0.3, -0.25) is 0 Å². The zero-order valence-electron chi connectivity index (χ0n) is 11.3. The lowest BCUT2D eigenvalue weighted by Gasteiger charge is -2.08. The van der Waals surface area contributed by atoms with Crippen molar-refractivity contribution in [2.24, 2.45) is 0 Å². The Bertz CT molecular complexity index is 482. The molecule has 0 aliphatic carbocycles. The van der Waals surface area contributed by atoms with Crippen molar-refractivity contribution in [2.45, 2.75) is 6.92 Å². The highest BCUT2D eigenvalue weighted by molar-refractivity contribution is 5.91. The quantitative estimate of drug-likeness (QED) is 0.526. The smallest absolute Gasteiger partial charge is 0.335 e. The monoisotopic (exact) mass is 278 g/mol. The van der Waals surface area contributed by atoms with Crippen LogP contribution in [0.15, 0.2) is 36.4 Å². The zero-order valence-corrected chi connectivity index (χ0v) is 11.3. The van der Waals surface area contributed by atoms with Gasteiger partial charge in [0.25, 0.3) is 0 Å². The highest BCUT2D eigenvalue weighted by Crippen LogP contribution is 2.09. The average Bonchev–Trinajstić information content (AvgIpc) is 2.38. The molecule has 0 radical (unpaired) electrons. The van der Waals surface area contributed by atoms with E-state index in [-0.39, 0.29) is 11.6 Å². The molecule has 1 rings (SSSR count). The number of hydrogen-bond donors (Lipinski definition) is 3. The zero-order chi connectivity index (χ0) is 15.0. The van der Waals surface area contributed by atoms with E-state index < -0.39 is 5.97 Å². The number of carboxylic acid groups (broad SMARTS) is 1. The number of carbonyl (C=O) groups is 2. The largest absolute Gasteiger partial charge is 0.478 e. The van der Waals surface area contributed by atoms with Crippen LogP contribution in [0.4, 0.5) is 10.5 Å². The van der Waals surface area contributed by atoms with Crippen molar-refractivity contribution >= 4 is 17.7 Å². The molecule has 0 aliphatic rings. The van der Waals surface area contributed by atoms with Crippen LogP contribution in [-0.2, 0) is 4.74 Å². The molecule has 0 saturated carbocycles. The molecule has 0 unspecified atom stereocenters. The van der Waals surface area contributed by atoms with E-state index in [2.05, 4.69) is 17.2 Å². The van der Waals surface area contributed by atoms with E-state index in [1.807, 2.05) is 6.92 Å². The number of rotatable bonds is 7. The minimum absolute atomic E-state index is 0.171. The number of anilines is 1. The highest BCUT2D eigenvalue weighted by atomic mass is 16.5. The first-order chi connectivity index (χ1) is 9.49. The number of carbonyl (C=O) groups excluding carboxylic acids is 1. The Hall–Kier alpha value is -2.34. The van der Waals surface area contributed by atoms with E-state index in [9.17, 15) is 9.59 Å². The Balaban J connectivity index is 2.28. The van der Waals surface area contributed by atoms with Gasteiger partial charge in [-0.1, -0.05) is 12.2 Å². The first kappa shape index (κ1) is 15.7. The van der Waals surface area contributed by atoms with Crippen molar-refractivity contribution in [3.05, 3.63) is 42.0 Å². The number of aromatic carboxylic acids is 1. The van der Waals surface area contributed by atoms with E-state index in [0.717, 1.165) is 5.57 Å². The lowest BCUT2D eigenvalue weighted by atomic mass is 10.2. The van der Waals surface area contributed by atoms with Crippen LogP contribution in [0, 0.1) is 0 Å².